The van der Waals surface area contributed by atoms with Crippen molar-refractivity contribution in [3.8, 4) is 0 Å². The molecular weight excluding hydrogens is 236 g/mol. The zero-order chi connectivity index (χ0) is 12.3. The molecule has 94 valence electrons. The molecule has 0 spiro atoms. The second-order valence-electron chi connectivity index (χ2n) is 4.60. The number of likely N-dealkylation sites (tertiary alicyclic amines) is 1. The topological polar surface area (TPSA) is 53.4 Å². The molecule has 4 nitrogen and oxygen atoms in total. The SMILES string of the molecule is CCC1CCCN(Cc2csc(C(=O)O)n2)C1. The van der Waals surface area contributed by atoms with E-state index in [4.69, 9.17) is 5.11 Å². The molecule has 1 unspecified atom stereocenters. The fourth-order valence-electron chi connectivity index (χ4n) is 2.34. The van der Waals surface area contributed by atoms with Crippen molar-refractivity contribution in [2.45, 2.75) is 32.7 Å². The van der Waals surface area contributed by atoms with Gasteiger partial charge in [-0.15, -0.1) is 11.3 Å². The van der Waals surface area contributed by atoms with Gasteiger partial charge >= 0.3 is 5.97 Å². The summed E-state index contributed by atoms with van der Waals surface area (Å²) < 4.78 is 0. The van der Waals surface area contributed by atoms with Crippen LogP contribution in [-0.2, 0) is 6.54 Å². The van der Waals surface area contributed by atoms with Crippen LogP contribution < -0.4 is 0 Å². The summed E-state index contributed by atoms with van der Waals surface area (Å²) in [6, 6.07) is 0. The number of hydrogen-bond donors (Lipinski definition) is 1. The quantitative estimate of drug-likeness (QED) is 0.896. The van der Waals surface area contributed by atoms with E-state index in [0.29, 0.717) is 0 Å². The molecule has 5 heteroatoms. The first-order valence-corrected chi connectivity index (χ1v) is 6.97. The van der Waals surface area contributed by atoms with Crippen LogP contribution in [0.5, 0.6) is 0 Å². The van der Waals surface area contributed by atoms with Gasteiger partial charge in [-0.1, -0.05) is 13.3 Å². The number of nitrogens with zero attached hydrogens (tertiary/aromatic N) is 2. The van der Waals surface area contributed by atoms with E-state index in [0.717, 1.165) is 31.2 Å². The summed E-state index contributed by atoms with van der Waals surface area (Å²) in [4.78, 5) is 17.3. The van der Waals surface area contributed by atoms with Crippen LogP contribution in [0, 0.1) is 5.92 Å². The fourth-order valence-corrected chi connectivity index (χ4v) is 2.98. The van der Waals surface area contributed by atoms with E-state index in [1.807, 2.05) is 5.38 Å². The van der Waals surface area contributed by atoms with Crippen molar-refractivity contribution < 1.29 is 9.90 Å². The van der Waals surface area contributed by atoms with Crippen LogP contribution in [-0.4, -0.2) is 34.0 Å². The molecule has 1 fully saturated rings. The van der Waals surface area contributed by atoms with Crippen molar-refractivity contribution in [2.75, 3.05) is 13.1 Å². The lowest BCUT2D eigenvalue weighted by Crippen LogP contribution is -2.34. The van der Waals surface area contributed by atoms with Crippen LogP contribution in [0.3, 0.4) is 0 Å². The Morgan fingerprint density at radius 2 is 2.53 bits per heavy atom. The fraction of sp³-hybridized carbons (Fsp3) is 0.667. The molecule has 1 aliphatic rings. The molecular formula is C12H18N2O2S. The Balaban J connectivity index is 1.93. The summed E-state index contributed by atoms with van der Waals surface area (Å²) in [5.74, 6) is -0.132. The van der Waals surface area contributed by atoms with E-state index < -0.39 is 5.97 Å². The highest BCUT2D eigenvalue weighted by Gasteiger charge is 2.19. The van der Waals surface area contributed by atoms with Gasteiger partial charge in [0.1, 0.15) is 0 Å². The number of aromatic carboxylic acids is 1. The highest BCUT2D eigenvalue weighted by Crippen LogP contribution is 2.21. The number of rotatable bonds is 4. The number of piperidine rings is 1. The average molecular weight is 254 g/mol. The number of carbonyl (C=O) groups is 1. The third-order valence-corrected chi connectivity index (χ3v) is 4.18. The number of carboxylic acid groups (broad SMARTS) is 1. The zero-order valence-corrected chi connectivity index (χ0v) is 10.9. The van der Waals surface area contributed by atoms with Crippen LogP contribution in [0.25, 0.3) is 0 Å². The molecule has 1 saturated heterocycles. The van der Waals surface area contributed by atoms with Crippen LogP contribution in [0.2, 0.25) is 0 Å². The summed E-state index contributed by atoms with van der Waals surface area (Å²) in [7, 11) is 0. The largest absolute Gasteiger partial charge is 0.476 e. The summed E-state index contributed by atoms with van der Waals surface area (Å²) in [5, 5.41) is 10.9. The number of carboxylic acids is 1. The highest BCUT2D eigenvalue weighted by atomic mass is 32.1. The molecule has 0 saturated carbocycles. The van der Waals surface area contributed by atoms with Crippen molar-refractivity contribution in [1.82, 2.24) is 9.88 Å². The lowest BCUT2D eigenvalue weighted by Gasteiger charge is -2.31. The maximum absolute atomic E-state index is 10.7. The smallest absolute Gasteiger partial charge is 0.365 e. The third kappa shape index (κ3) is 3.26. The first-order valence-electron chi connectivity index (χ1n) is 6.09. The van der Waals surface area contributed by atoms with Crippen molar-refractivity contribution in [3.05, 3.63) is 16.1 Å². The Morgan fingerprint density at radius 1 is 1.71 bits per heavy atom. The zero-order valence-electron chi connectivity index (χ0n) is 10.1. The van der Waals surface area contributed by atoms with Gasteiger partial charge in [-0.05, 0) is 25.3 Å². The van der Waals surface area contributed by atoms with Gasteiger partial charge < -0.3 is 5.11 Å². The predicted octanol–water partition coefficient (Wildman–Crippen LogP) is 2.46. The van der Waals surface area contributed by atoms with Gasteiger partial charge in [0.05, 0.1) is 5.69 Å². The first kappa shape index (κ1) is 12.5. The Kier molecular flexibility index (Phi) is 4.12. The van der Waals surface area contributed by atoms with E-state index in [-0.39, 0.29) is 5.01 Å². The van der Waals surface area contributed by atoms with Gasteiger partial charge in [0.2, 0.25) is 5.01 Å². The summed E-state index contributed by atoms with van der Waals surface area (Å²) in [6.45, 7) is 5.26. The second kappa shape index (κ2) is 5.60. The Labute approximate surface area is 105 Å². The molecule has 1 aromatic rings. The van der Waals surface area contributed by atoms with E-state index in [1.54, 1.807) is 0 Å². The van der Waals surface area contributed by atoms with Gasteiger partial charge in [-0.2, -0.15) is 0 Å². The van der Waals surface area contributed by atoms with E-state index in [9.17, 15) is 4.79 Å². The molecule has 1 atom stereocenters. The summed E-state index contributed by atoms with van der Waals surface area (Å²) in [6.07, 6.45) is 3.80. The summed E-state index contributed by atoms with van der Waals surface area (Å²) in [5.41, 5.74) is 0.893. The lowest BCUT2D eigenvalue weighted by atomic mass is 9.96. The Morgan fingerprint density at radius 3 is 3.18 bits per heavy atom. The average Bonchev–Trinajstić information content (AvgIpc) is 2.78. The van der Waals surface area contributed by atoms with Crippen molar-refractivity contribution in [3.63, 3.8) is 0 Å². The highest BCUT2D eigenvalue weighted by molar-refractivity contribution is 7.11. The monoisotopic (exact) mass is 254 g/mol. The maximum Gasteiger partial charge on any atom is 0.365 e. The van der Waals surface area contributed by atoms with Crippen LogP contribution >= 0.6 is 11.3 Å². The molecule has 2 rings (SSSR count). The van der Waals surface area contributed by atoms with Crippen LogP contribution in [0.4, 0.5) is 0 Å². The minimum Gasteiger partial charge on any atom is -0.476 e. The molecule has 0 aromatic carbocycles. The molecule has 0 aliphatic carbocycles. The second-order valence-corrected chi connectivity index (χ2v) is 5.46. The number of aromatic nitrogens is 1. The van der Waals surface area contributed by atoms with Crippen molar-refractivity contribution in [2.24, 2.45) is 5.92 Å². The van der Waals surface area contributed by atoms with Crippen LogP contribution in [0.1, 0.15) is 41.7 Å². The minimum atomic E-state index is -0.925. The van der Waals surface area contributed by atoms with Gasteiger partial charge in [-0.25, -0.2) is 9.78 Å². The standard InChI is InChI=1S/C12H18N2O2S/c1-2-9-4-3-5-14(6-9)7-10-8-17-11(13-10)12(15)16/h8-9H,2-7H2,1H3,(H,15,16). The van der Waals surface area contributed by atoms with Gasteiger partial charge in [-0.3, -0.25) is 4.90 Å². The van der Waals surface area contributed by atoms with Crippen molar-refractivity contribution >= 4 is 17.3 Å². The predicted molar refractivity (Wildman–Crippen MR) is 67.4 cm³/mol. The maximum atomic E-state index is 10.7. The molecule has 1 aromatic heterocycles. The molecule has 2 heterocycles. The Bertz CT molecular complexity index is 392. The van der Waals surface area contributed by atoms with Crippen molar-refractivity contribution in [1.29, 1.82) is 0 Å². The molecule has 1 aliphatic heterocycles. The Hall–Kier alpha value is -0.940. The van der Waals surface area contributed by atoms with E-state index >= 15 is 0 Å². The normalized spacial score (nSPS) is 21.6. The molecule has 0 bridgehead atoms. The first-order chi connectivity index (χ1) is 8.19. The lowest BCUT2D eigenvalue weighted by molar-refractivity contribution is 0.0696. The number of hydrogen-bond acceptors (Lipinski definition) is 4. The third-order valence-electron chi connectivity index (χ3n) is 3.30. The van der Waals surface area contributed by atoms with E-state index in [1.165, 1.54) is 30.6 Å². The van der Waals surface area contributed by atoms with E-state index in [2.05, 4.69) is 16.8 Å². The molecule has 0 radical (unpaired) electrons. The number of thiazole rings is 1. The molecule has 17 heavy (non-hydrogen) atoms. The molecule has 0 amide bonds. The summed E-state index contributed by atoms with van der Waals surface area (Å²) >= 11 is 1.22. The minimum absolute atomic E-state index is 0.198. The van der Waals surface area contributed by atoms with Crippen LogP contribution in [0.15, 0.2) is 5.38 Å². The van der Waals surface area contributed by atoms with Gasteiger partial charge in [0.15, 0.2) is 0 Å². The van der Waals surface area contributed by atoms with Gasteiger partial charge in [0.25, 0.3) is 0 Å². The van der Waals surface area contributed by atoms with Gasteiger partial charge in [0, 0.05) is 18.5 Å². The molecule has 1 N–H and O–H groups in total.